The Morgan fingerprint density at radius 1 is 1.31 bits per heavy atom. The molecule has 2 aromatic rings. The summed E-state index contributed by atoms with van der Waals surface area (Å²) in [7, 11) is 1.89. The Morgan fingerprint density at radius 3 is 2.54 bits per heavy atom. The molecule has 2 fully saturated rings. The molecule has 26 heavy (non-hydrogen) atoms. The highest BCUT2D eigenvalue weighted by Gasteiger charge is 2.50. The Bertz CT molecular complexity index is 790. The molecule has 3 atom stereocenters. The molecule has 0 aliphatic carbocycles. The van der Waals surface area contributed by atoms with Crippen LogP contribution in [0.5, 0.6) is 0 Å². The van der Waals surface area contributed by atoms with E-state index in [1.54, 1.807) is 18.3 Å². The number of imidazole rings is 1. The number of halogens is 1. The van der Waals surface area contributed by atoms with Gasteiger partial charge in [0.1, 0.15) is 17.2 Å². The van der Waals surface area contributed by atoms with Crippen LogP contribution in [0.25, 0.3) is 0 Å². The number of aliphatic hydroxyl groups is 1. The third-order valence-electron chi connectivity index (χ3n) is 5.61. The van der Waals surface area contributed by atoms with Crippen LogP contribution < -0.4 is 5.32 Å². The lowest BCUT2D eigenvalue weighted by Gasteiger charge is -2.43. The molecule has 4 rings (SSSR count). The van der Waals surface area contributed by atoms with Crippen molar-refractivity contribution in [2.75, 3.05) is 11.9 Å². The van der Waals surface area contributed by atoms with Crippen molar-refractivity contribution in [1.82, 2.24) is 14.5 Å². The second kappa shape index (κ2) is 6.48. The van der Waals surface area contributed by atoms with Gasteiger partial charge in [-0.15, -0.1) is 0 Å². The average Bonchev–Trinajstić information content (AvgIpc) is 3.13. The largest absolute Gasteiger partial charge is 0.382 e. The van der Waals surface area contributed by atoms with Crippen molar-refractivity contribution >= 4 is 11.6 Å². The zero-order valence-electron chi connectivity index (χ0n) is 14.7. The summed E-state index contributed by atoms with van der Waals surface area (Å²) in [5, 5.41) is 14.0. The Labute approximate surface area is 151 Å². The van der Waals surface area contributed by atoms with Crippen LogP contribution in [-0.2, 0) is 17.4 Å². The topological polar surface area (TPSA) is 70.4 Å². The highest BCUT2D eigenvalue weighted by atomic mass is 19.1. The predicted molar refractivity (Wildman–Crippen MR) is 94.9 cm³/mol. The fraction of sp³-hybridized carbons (Fsp3) is 0.474. The highest BCUT2D eigenvalue weighted by Crippen LogP contribution is 2.44. The van der Waals surface area contributed by atoms with E-state index in [2.05, 4.69) is 15.2 Å². The van der Waals surface area contributed by atoms with Crippen LogP contribution in [0.1, 0.15) is 31.5 Å². The van der Waals surface area contributed by atoms with Crippen molar-refractivity contribution in [3.05, 3.63) is 48.3 Å². The van der Waals surface area contributed by atoms with Gasteiger partial charge in [0.05, 0.1) is 6.54 Å². The van der Waals surface area contributed by atoms with Crippen LogP contribution in [0, 0.1) is 5.82 Å². The number of fused-ring (bicyclic) bond motifs is 2. The Kier molecular flexibility index (Phi) is 4.28. The van der Waals surface area contributed by atoms with Gasteiger partial charge < -0.3 is 15.0 Å². The molecule has 1 unspecified atom stereocenters. The third kappa shape index (κ3) is 3.12. The Morgan fingerprint density at radius 2 is 1.96 bits per heavy atom. The summed E-state index contributed by atoms with van der Waals surface area (Å²) < 4.78 is 14.8. The first-order valence-corrected chi connectivity index (χ1v) is 8.96. The van der Waals surface area contributed by atoms with Gasteiger partial charge in [-0.25, -0.2) is 9.37 Å². The van der Waals surface area contributed by atoms with Gasteiger partial charge in [0, 0.05) is 37.2 Å². The van der Waals surface area contributed by atoms with E-state index in [4.69, 9.17) is 0 Å². The fourth-order valence-corrected chi connectivity index (χ4v) is 4.47. The van der Waals surface area contributed by atoms with Gasteiger partial charge in [-0.2, -0.15) is 0 Å². The van der Waals surface area contributed by atoms with Crippen LogP contribution in [-0.4, -0.2) is 44.1 Å². The van der Waals surface area contributed by atoms with Crippen LogP contribution in [0.2, 0.25) is 0 Å². The van der Waals surface area contributed by atoms with Gasteiger partial charge in [0.25, 0.3) is 0 Å². The SMILES string of the molecule is Cn1ccnc1C1(O)C[C@H]2CC[C@@H](C1)N2CC(=O)Nc1ccc(F)cc1. The first-order valence-electron chi connectivity index (χ1n) is 8.96. The van der Waals surface area contributed by atoms with E-state index in [1.807, 2.05) is 17.8 Å². The lowest BCUT2D eigenvalue weighted by Crippen LogP contribution is -2.52. The van der Waals surface area contributed by atoms with E-state index in [0.29, 0.717) is 24.4 Å². The maximum Gasteiger partial charge on any atom is 0.238 e. The van der Waals surface area contributed by atoms with Crippen LogP contribution in [0.15, 0.2) is 36.7 Å². The first-order chi connectivity index (χ1) is 12.4. The lowest BCUT2D eigenvalue weighted by molar-refractivity contribution is -0.121. The zero-order chi connectivity index (χ0) is 18.3. The average molecular weight is 358 g/mol. The first kappa shape index (κ1) is 17.2. The maximum absolute atomic E-state index is 13.0. The van der Waals surface area contributed by atoms with Gasteiger partial charge >= 0.3 is 0 Å². The molecule has 6 nitrogen and oxygen atoms in total. The molecule has 1 aromatic heterocycles. The molecule has 1 amide bonds. The smallest absolute Gasteiger partial charge is 0.238 e. The van der Waals surface area contributed by atoms with Gasteiger partial charge in [-0.3, -0.25) is 9.69 Å². The molecule has 1 aromatic carbocycles. The van der Waals surface area contributed by atoms with E-state index in [9.17, 15) is 14.3 Å². The quantitative estimate of drug-likeness (QED) is 0.877. The minimum absolute atomic E-state index is 0.115. The molecule has 2 bridgehead atoms. The van der Waals surface area contributed by atoms with Crippen LogP contribution >= 0.6 is 0 Å². The number of anilines is 1. The number of nitrogens with zero attached hydrogens (tertiary/aromatic N) is 3. The molecule has 0 spiro atoms. The van der Waals surface area contributed by atoms with Gasteiger partial charge in [-0.1, -0.05) is 0 Å². The summed E-state index contributed by atoms with van der Waals surface area (Å²) in [5.74, 6) is 0.256. The molecular formula is C19H23FN4O2. The van der Waals surface area contributed by atoms with E-state index >= 15 is 0 Å². The summed E-state index contributed by atoms with van der Waals surface area (Å²) in [4.78, 5) is 18.9. The molecule has 2 aliphatic rings. The van der Waals surface area contributed by atoms with E-state index < -0.39 is 5.60 Å². The second-order valence-corrected chi connectivity index (χ2v) is 7.41. The predicted octanol–water partition coefficient (Wildman–Crippen LogP) is 2.01. The molecule has 138 valence electrons. The minimum atomic E-state index is -0.936. The van der Waals surface area contributed by atoms with Gasteiger partial charge in [-0.05, 0) is 49.9 Å². The number of nitrogens with one attached hydrogen (secondary N) is 1. The molecule has 3 heterocycles. The number of hydrogen-bond donors (Lipinski definition) is 2. The van der Waals surface area contributed by atoms with E-state index in [1.165, 1.54) is 12.1 Å². The zero-order valence-corrected chi connectivity index (χ0v) is 14.7. The van der Waals surface area contributed by atoms with E-state index in [0.717, 1.165) is 12.8 Å². The number of benzene rings is 1. The van der Waals surface area contributed by atoms with Gasteiger partial charge in [0.2, 0.25) is 5.91 Å². The van der Waals surface area contributed by atoms with E-state index in [-0.39, 0.29) is 30.4 Å². The molecular weight excluding hydrogens is 335 g/mol. The molecule has 2 saturated heterocycles. The number of amides is 1. The number of carbonyl (C=O) groups excluding carboxylic acids is 1. The fourth-order valence-electron chi connectivity index (χ4n) is 4.47. The minimum Gasteiger partial charge on any atom is -0.382 e. The van der Waals surface area contributed by atoms with Crippen molar-refractivity contribution < 1.29 is 14.3 Å². The molecule has 2 N–H and O–H groups in total. The van der Waals surface area contributed by atoms with Crippen LogP contribution in [0.4, 0.5) is 10.1 Å². The number of carbonyl (C=O) groups is 1. The van der Waals surface area contributed by atoms with Crippen LogP contribution in [0.3, 0.4) is 0 Å². The van der Waals surface area contributed by atoms with Gasteiger partial charge in [0.15, 0.2) is 0 Å². The summed E-state index contributed by atoms with van der Waals surface area (Å²) in [6.07, 6.45) is 6.66. The Hall–Kier alpha value is -2.25. The second-order valence-electron chi connectivity index (χ2n) is 7.41. The number of aromatic nitrogens is 2. The molecule has 2 aliphatic heterocycles. The monoisotopic (exact) mass is 358 g/mol. The standard InChI is InChI=1S/C19H23FN4O2/c1-23-9-8-21-18(23)19(26)10-15-6-7-16(11-19)24(15)12-17(25)22-14-4-2-13(20)3-5-14/h2-5,8-9,15-16,26H,6-7,10-12H2,1H3,(H,22,25)/t15-,16+,19?. The third-order valence-corrected chi connectivity index (χ3v) is 5.61. The van der Waals surface area contributed by atoms with Crippen molar-refractivity contribution in [2.45, 2.75) is 43.4 Å². The number of rotatable bonds is 4. The van der Waals surface area contributed by atoms with Crippen molar-refractivity contribution in [2.24, 2.45) is 7.05 Å². The normalized spacial score (nSPS) is 28.3. The van der Waals surface area contributed by atoms with Crippen molar-refractivity contribution in [3.63, 3.8) is 0 Å². The molecule has 0 radical (unpaired) electrons. The molecule has 7 heteroatoms. The summed E-state index contributed by atoms with van der Waals surface area (Å²) in [5.41, 5.74) is -0.348. The summed E-state index contributed by atoms with van der Waals surface area (Å²) in [6.45, 7) is 0.281. The Balaban J connectivity index is 1.43. The molecule has 0 saturated carbocycles. The number of aryl methyl sites for hydroxylation is 1. The number of hydrogen-bond acceptors (Lipinski definition) is 4. The highest BCUT2D eigenvalue weighted by molar-refractivity contribution is 5.92. The van der Waals surface area contributed by atoms with Crippen molar-refractivity contribution in [1.29, 1.82) is 0 Å². The van der Waals surface area contributed by atoms with Crippen molar-refractivity contribution in [3.8, 4) is 0 Å². The summed E-state index contributed by atoms with van der Waals surface area (Å²) in [6, 6.07) is 6.08. The lowest BCUT2D eigenvalue weighted by atomic mass is 9.85. The number of piperidine rings is 1. The maximum atomic E-state index is 13.0. The summed E-state index contributed by atoms with van der Waals surface area (Å²) >= 11 is 0.